The van der Waals surface area contributed by atoms with E-state index in [-0.39, 0.29) is 12.6 Å². The van der Waals surface area contributed by atoms with Crippen molar-refractivity contribution >= 4 is 11.7 Å². The molecule has 2 aromatic heterocycles. The number of nitrogens with zero attached hydrogens (tertiary/aromatic N) is 6. The fraction of sp³-hybridized carbons (Fsp3) is 0.353. The Bertz CT molecular complexity index is 869. The lowest BCUT2D eigenvalue weighted by Crippen LogP contribution is -2.30. The summed E-state index contributed by atoms with van der Waals surface area (Å²) in [6, 6.07) is 7.15. The lowest BCUT2D eigenvalue weighted by molar-refractivity contribution is 0.213. The van der Waals surface area contributed by atoms with Gasteiger partial charge in [-0.15, -0.1) is 10.2 Å². The number of carbonyl (C=O) groups is 1. The number of aryl methyl sites for hydroxylation is 2. The predicted molar refractivity (Wildman–Crippen MR) is 95.2 cm³/mol. The maximum Gasteiger partial charge on any atom is 0.322 e. The molecule has 0 atom stereocenters. The second-order valence-electron chi connectivity index (χ2n) is 5.98. The van der Waals surface area contributed by atoms with Crippen LogP contribution >= 0.6 is 0 Å². The Balaban J connectivity index is 1.59. The van der Waals surface area contributed by atoms with Gasteiger partial charge in [0.2, 0.25) is 5.89 Å². The van der Waals surface area contributed by atoms with E-state index < -0.39 is 0 Å². The van der Waals surface area contributed by atoms with Gasteiger partial charge in [0.05, 0.1) is 0 Å². The Hall–Kier alpha value is -3.23. The van der Waals surface area contributed by atoms with E-state index in [1.165, 1.54) is 4.90 Å². The molecule has 136 valence electrons. The van der Waals surface area contributed by atoms with Crippen molar-refractivity contribution in [3.8, 4) is 11.4 Å². The second kappa shape index (κ2) is 7.77. The molecule has 0 aliphatic rings. The first-order chi connectivity index (χ1) is 12.6. The number of hydrogen-bond acceptors (Lipinski definition) is 6. The fourth-order valence-corrected chi connectivity index (χ4v) is 2.42. The van der Waals surface area contributed by atoms with Crippen LogP contribution in [0.2, 0.25) is 0 Å². The zero-order valence-electron chi connectivity index (χ0n) is 15.0. The molecule has 2 amide bonds. The lowest BCUT2D eigenvalue weighted by Gasteiger charge is -2.16. The van der Waals surface area contributed by atoms with Gasteiger partial charge in [0.1, 0.15) is 12.9 Å². The molecule has 3 aromatic rings. The Morgan fingerprint density at radius 1 is 1.31 bits per heavy atom. The molecule has 0 spiro atoms. The van der Waals surface area contributed by atoms with Crippen LogP contribution in [0.25, 0.3) is 11.4 Å². The monoisotopic (exact) mass is 355 g/mol. The van der Waals surface area contributed by atoms with Gasteiger partial charge in [-0.3, -0.25) is 0 Å². The molecular formula is C17H21N7O2. The van der Waals surface area contributed by atoms with Crippen LogP contribution in [-0.2, 0) is 20.0 Å². The molecular weight excluding hydrogens is 334 g/mol. The number of anilines is 1. The zero-order chi connectivity index (χ0) is 18.5. The van der Waals surface area contributed by atoms with Crippen LogP contribution in [0.3, 0.4) is 0 Å². The number of hydrogen-bond donors (Lipinski definition) is 1. The minimum Gasteiger partial charge on any atom is -0.337 e. The molecule has 0 unspecified atom stereocenters. The standard InChI is InChI=1S/C17H21N7O2/c1-4-5-14-20-15(26-22-14)10-23(2)17(25)19-13-8-6-12(7-9-13)16-21-18-11-24(16)3/h6-9,11H,4-5,10H2,1-3H3,(H,19,25). The first kappa shape index (κ1) is 17.6. The van der Waals surface area contributed by atoms with Crippen molar-refractivity contribution in [1.82, 2.24) is 29.8 Å². The Morgan fingerprint density at radius 3 is 2.73 bits per heavy atom. The average Bonchev–Trinajstić information content (AvgIpc) is 3.25. The van der Waals surface area contributed by atoms with Gasteiger partial charge in [0.15, 0.2) is 11.6 Å². The number of carbonyl (C=O) groups excluding carboxylic acids is 1. The summed E-state index contributed by atoms with van der Waals surface area (Å²) in [6.07, 6.45) is 3.35. The van der Waals surface area contributed by atoms with Crippen LogP contribution in [0, 0.1) is 0 Å². The van der Waals surface area contributed by atoms with Crippen LogP contribution in [0.1, 0.15) is 25.1 Å². The van der Waals surface area contributed by atoms with E-state index in [0.717, 1.165) is 24.2 Å². The minimum atomic E-state index is -0.258. The summed E-state index contributed by atoms with van der Waals surface area (Å²) in [4.78, 5) is 18.1. The maximum atomic E-state index is 12.3. The Labute approximate surface area is 151 Å². The van der Waals surface area contributed by atoms with Gasteiger partial charge in [-0.05, 0) is 30.7 Å². The van der Waals surface area contributed by atoms with Crippen LogP contribution in [0.15, 0.2) is 35.1 Å². The molecule has 0 saturated carbocycles. The van der Waals surface area contributed by atoms with Crippen molar-refractivity contribution in [2.24, 2.45) is 7.05 Å². The topological polar surface area (TPSA) is 102 Å². The number of aromatic nitrogens is 5. The summed E-state index contributed by atoms with van der Waals surface area (Å²) in [5, 5.41) is 14.6. The largest absolute Gasteiger partial charge is 0.337 e. The summed E-state index contributed by atoms with van der Waals surface area (Å²) >= 11 is 0. The number of rotatable bonds is 6. The van der Waals surface area contributed by atoms with E-state index in [9.17, 15) is 4.79 Å². The molecule has 0 saturated heterocycles. The van der Waals surface area contributed by atoms with Crippen LogP contribution in [0.5, 0.6) is 0 Å². The molecule has 1 N–H and O–H groups in total. The van der Waals surface area contributed by atoms with Gasteiger partial charge in [-0.25, -0.2) is 4.79 Å². The third-order valence-electron chi connectivity index (χ3n) is 3.81. The SMILES string of the molecule is CCCc1noc(CN(C)C(=O)Nc2ccc(-c3nncn3C)cc2)n1. The summed E-state index contributed by atoms with van der Waals surface area (Å²) in [6.45, 7) is 2.30. The quantitative estimate of drug-likeness (QED) is 0.729. The van der Waals surface area contributed by atoms with E-state index >= 15 is 0 Å². The summed E-state index contributed by atoms with van der Waals surface area (Å²) in [7, 11) is 3.55. The predicted octanol–water partition coefficient (Wildman–Crippen LogP) is 2.48. The molecule has 26 heavy (non-hydrogen) atoms. The summed E-state index contributed by atoms with van der Waals surface area (Å²) in [5.41, 5.74) is 1.61. The van der Waals surface area contributed by atoms with Crippen molar-refractivity contribution < 1.29 is 9.32 Å². The van der Waals surface area contributed by atoms with Crippen molar-refractivity contribution in [3.05, 3.63) is 42.3 Å². The van der Waals surface area contributed by atoms with Gasteiger partial charge in [-0.1, -0.05) is 12.1 Å². The van der Waals surface area contributed by atoms with Crippen LogP contribution in [-0.4, -0.2) is 42.9 Å². The highest BCUT2D eigenvalue weighted by Gasteiger charge is 2.14. The molecule has 9 nitrogen and oxygen atoms in total. The van der Waals surface area contributed by atoms with Gasteiger partial charge in [0.25, 0.3) is 0 Å². The van der Waals surface area contributed by atoms with Crippen molar-refractivity contribution in [2.75, 3.05) is 12.4 Å². The first-order valence-electron chi connectivity index (χ1n) is 8.35. The molecule has 0 aliphatic carbocycles. The third-order valence-corrected chi connectivity index (χ3v) is 3.81. The number of amides is 2. The highest BCUT2D eigenvalue weighted by molar-refractivity contribution is 5.89. The molecule has 3 rings (SSSR count). The van der Waals surface area contributed by atoms with Crippen LogP contribution in [0.4, 0.5) is 10.5 Å². The molecule has 9 heteroatoms. The van der Waals surface area contributed by atoms with Crippen LogP contribution < -0.4 is 5.32 Å². The Morgan fingerprint density at radius 2 is 2.08 bits per heavy atom. The third kappa shape index (κ3) is 4.05. The number of benzene rings is 1. The fourth-order valence-electron chi connectivity index (χ4n) is 2.42. The molecule has 0 aliphatic heterocycles. The summed E-state index contributed by atoms with van der Waals surface area (Å²) < 4.78 is 6.99. The van der Waals surface area contributed by atoms with E-state index in [4.69, 9.17) is 4.52 Å². The molecule has 2 heterocycles. The lowest BCUT2D eigenvalue weighted by atomic mass is 10.2. The molecule has 0 fully saturated rings. The van der Waals surface area contributed by atoms with Crippen molar-refractivity contribution in [2.45, 2.75) is 26.3 Å². The Kier molecular flexibility index (Phi) is 5.26. The van der Waals surface area contributed by atoms with Gasteiger partial charge in [0, 0.05) is 31.8 Å². The average molecular weight is 355 g/mol. The van der Waals surface area contributed by atoms with E-state index in [1.807, 2.05) is 42.8 Å². The number of urea groups is 1. The molecule has 0 bridgehead atoms. The van der Waals surface area contributed by atoms with Crippen molar-refractivity contribution in [3.63, 3.8) is 0 Å². The normalized spacial score (nSPS) is 10.7. The first-order valence-corrected chi connectivity index (χ1v) is 8.35. The second-order valence-corrected chi connectivity index (χ2v) is 5.98. The van der Waals surface area contributed by atoms with E-state index in [0.29, 0.717) is 17.4 Å². The minimum absolute atomic E-state index is 0.250. The summed E-state index contributed by atoms with van der Waals surface area (Å²) in [5.74, 6) is 1.85. The van der Waals surface area contributed by atoms with E-state index in [1.54, 1.807) is 13.4 Å². The highest BCUT2D eigenvalue weighted by Crippen LogP contribution is 2.19. The smallest absolute Gasteiger partial charge is 0.322 e. The molecule has 0 radical (unpaired) electrons. The van der Waals surface area contributed by atoms with Gasteiger partial charge < -0.3 is 19.3 Å². The zero-order valence-corrected chi connectivity index (χ0v) is 15.0. The maximum absolute atomic E-state index is 12.3. The van der Waals surface area contributed by atoms with Gasteiger partial charge in [-0.2, -0.15) is 4.98 Å². The molecule has 1 aromatic carbocycles. The van der Waals surface area contributed by atoms with Gasteiger partial charge >= 0.3 is 6.03 Å². The van der Waals surface area contributed by atoms with Crippen molar-refractivity contribution in [1.29, 1.82) is 0 Å². The van der Waals surface area contributed by atoms with E-state index in [2.05, 4.69) is 25.7 Å². The highest BCUT2D eigenvalue weighted by atomic mass is 16.5. The number of nitrogens with one attached hydrogen (secondary N) is 1.